The highest BCUT2D eigenvalue weighted by atomic mass is 32.2. The number of thioether (sulfide) groups is 1. The average Bonchev–Trinajstić information content (AvgIpc) is 3.15. The van der Waals surface area contributed by atoms with Crippen molar-refractivity contribution in [1.29, 1.82) is 0 Å². The first-order valence-corrected chi connectivity index (χ1v) is 12.6. The molecule has 0 aliphatic carbocycles. The van der Waals surface area contributed by atoms with Crippen LogP contribution >= 0.6 is 11.8 Å². The van der Waals surface area contributed by atoms with Crippen molar-refractivity contribution in [2.24, 2.45) is 5.92 Å². The van der Waals surface area contributed by atoms with E-state index < -0.39 is 16.1 Å². The van der Waals surface area contributed by atoms with Crippen LogP contribution < -0.4 is 9.47 Å². The molecule has 2 fully saturated rings. The molecule has 0 aromatic heterocycles. The van der Waals surface area contributed by atoms with Crippen molar-refractivity contribution in [3.63, 3.8) is 0 Å². The van der Waals surface area contributed by atoms with E-state index >= 15 is 0 Å². The number of benzene rings is 2. The summed E-state index contributed by atoms with van der Waals surface area (Å²) >= 11 is 0.644. The van der Waals surface area contributed by atoms with Crippen LogP contribution in [0.3, 0.4) is 0 Å². The second-order valence-electron chi connectivity index (χ2n) is 8.92. The fourth-order valence-electron chi connectivity index (χ4n) is 4.12. The van der Waals surface area contributed by atoms with E-state index in [2.05, 4.69) is 6.92 Å². The molecule has 0 bridgehead atoms. The Bertz CT molecular complexity index is 1240. The predicted octanol–water partition coefficient (Wildman–Crippen LogP) is 4.48. The molecule has 2 heterocycles. The zero-order chi connectivity index (χ0) is 26.5. The molecule has 11 heteroatoms. The molecule has 0 saturated carbocycles. The van der Waals surface area contributed by atoms with Gasteiger partial charge in [0.25, 0.3) is 16.8 Å². The van der Waals surface area contributed by atoms with Crippen LogP contribution in [0.15, 0.2) is 47.4 Å². The molecule has 0 radical (unpaired) electrons. The van der Waals surface area contributed by atoms with E-state index in [1.807, 2.05) is 30.3 Å². The van der Waals surface area contributed by atoms with Gasteiger partial charge in [-0.3, -0.25) is 29.4 Å². The van der Waals surface area contributed by atoms with Gasteiger partial charge in [0, 0.05) is 13.1 Å². The summed E-state index contributed by atoms with van der Waals surface area (Å²) in [6.45, 7) is 3.14. The molecule has 0 unspecified atom stereocenters. The quantitative estimate of drug-likeness (QED) is 0.281. The first-order valence-electron chi connectivity index (χ1n) is 11.8. The molecule has 37 heavy (non-hydrogen) atoms. The highest BCUT2D eigenvalue weighted by Crippen LogP contribution is 2.39. The van der Waals surface area contributed by atoms with Gasteiger partial charge in [-0.05, 0) is 48.2 Å². The number of piperidine rings is 1. The summed E-state index contributed by atoms with van der Waals surface area (Å²) in [5.41, 5.74) is 0.642. The van der Waals surface area contributed by atoms with Gasteiger partial charge < -0.3 is 14.4 Å². The normalized spacial score (nSPS) is 17.4. The van der Waals surface area contributed by atoms with Gasteiger partial charge in [0.05, 0.1) is 28.6 Å². The van der Waals surface area contributed by atoms with E-state index in [0.29, 0.717) is 30.8 Å². The minimum atomic E-state index is -0.661. The number of imide groups is 1. The average molecular weight is 526 g/mol. The molecule has 10 nitrogen and oxygen atoms in total. The largest absolute Gasteiger partial charge is 0.493 e. The smallest absolute Gasteiger partial charge is 0.294 e. The molecule has 194 valence electrons. The molecule has 0 spiro atoms. The maximum Gasteiger partial charge on any atom is 0.294 e. The lowest BCUT2D eigenvalue weighted by Gasteiger charge is -2.31. The van der Waals surface area contributed by atoms with Gasteiger partial charge in [-0.15, -0.1) is 0 Å². The maximum atomic E-state index is 13.0. The van der Waals surface area contributed by atoms with Crippen molar-refractivity contribution in [2.45, 2.75) is 26.4 Å². The van der Waals surface area contributed by atoms with E-state index in [-0.39, 0.29) is 46.7 Å². The van der Waals surface area contributed by atoms with Gasteiger partial charge in [-0.25, -0.2) is 0 Å². The van der Waals surface area contributed by atoms with Gasteiger partial charge in [-0.2, -0.15) is 0 Å². The van der Waals surface area contributed by atoms with Gasteiger partial charge in [-0.1, -0.05) is 37.3 Å². The van der Waals surface area contributed by atoms with Crippen molar-refractivity contribution in [1.82, 2.24) is 9.80 Å². The number of carbonyl (C=O) groups is 3. The van der Waals surface area contributed by atoms with E-state index in [4.69, 9.17) is 9.47 Å². The highest BCUT2D eigenvalue weighted by molar-refractivity contribution is 8.18. The molecule has 3 amide bonds. The molecule has 0 atom stereocenters. The second kappa shape index (κ2) is 11.5. The molecule has 2 saturated heterocycles. The summed E-state index contributed by atoms with van der Waals surface area (Å²) in [7, 11) is 1.40. The third-order valence-electron chi connectivity index (χ3n) is 6.34. The second-order valence-corrected chi connectivity index (χ2v) is 9.92. The zero-order valence-corrected chi connectivity index (χ0v) is 21.4. The van der Waals surface area contributed by atoms with Crippen LogP contribution in [-0.4, -0.2) is 58.5 Å². The number of nitro benzene ring substituents is 1. The molecule has 4 rings (SSSR count). The summed E-state index contributed by atoms with van der Waals surface area (Å²) in [5.74, 6) is -0.00668. The number of methoxy groups -OCH3 is 1. The van der Waals surface area contributed by atoms with Gasteiger partial charge in [0.15, 0.2) is 11.5 Å². The molecular weight excluding hydrogens is 498 g/mol. The predicted molar refractivity (Wildman–Crippen MR) is 138 cm³/mol. The summed E-state index contributed by atoms with van der Waals surface area (Å²) in [6.07, 6.45) is 3.04. The van der Waals surface area contributed by atoms with Crippen LogP contribution in [0.2, 0.25) is 0 Å². The number of nitro groups is 1. The van der Waals surface area contributed by atoms with E-state index in [1.54, 1.807) is 4.90 Å². The fraction of sp³-hybridized carbons (Fsp3) is 0.346. The van der Waals surface area contributed by atoms with E-state index in [9.17, 15) is 24.5 Å². The van der Waals surface area contributed by atoms with Crippen LogP contribution in [-0.2, 0) is 16.2 Å². The standard InChI is InChI=1S/C26H27N3O7S/c1-17-8-10-27(11-9-17)24(30)15-28-25(31)23(37-26(28)32)13-19-12-21(35-2)22(14-20(19)29(33)34)36-16-18-6-4-3-5-7-18/h3-7,12-14,17H,8-11,15-16H2,1-2H3/b23-13+. The zero-order valence-electron chi connectivity index (χ0n) is 20.5. The molecule has 2 aromatic carbocycles. The van der Waals surface area contributed by atoms with Crippen LogP contribution in [0, 0.1) is 16.0 Å². The van der Waals surface area contributed by atoms with Gasteiger partial charge in [0.1, 0.15) is 13.2 Å². The third kappa shape index (κ3) is 6.11. The Balaban J connectivity index is 1.54. The van der Waals surface area contributed by atoms with Crippen LogP contribution in [0.5, 0.6) is 11.5 Å². The number of ether oxygens (including phenoxy) is 2. The van der Waals surface area contributed by atoms with Crippen molar-refractivity contribution < 1.29 is 28.8 Å². The Labute approximate surface area is 218 Å². The molecule has 2 aromatic rings. The first-order chi connectivity index (χ1) is 17.8. The third-order valence-corrected chi connectivity index (χ3v) is 7.24. The fourth-order valence-corrected chi connectivity index (χ4v) is 4.95. The number of nitrogens with zero attached hydrogens (tertiary/aromatic N) is 3. The van der Waals surface area contributed by atoms with Crippen LogP contribution in [0.25, 0.3) is 6.08 Å². The van der Waals surface area contributed by atoms with Crippen molar-refractivity contribution in [3.8, 4) is 11.5 Å². The SMILES string of the molecule is COc1cc(/C=C2/SC(=O)N(CC(=O)N3CCC(C)CC3)C2=O)c([N+](=O)[O-])cc1OCc1ccccc1. The number of likely N-dealkylation sites (tertiary alicyclic amines) is 1. The Hall–Kier alpha value is -3.86. The van der Waals surface area contributed by atoms with Gasteiger partial charge >= 0.3 is 0 Å². The minimum Gasteiger partial charge on any atom is -0.493 e. The monoisotopic (exact) mass is 525 g/mol. The van der Waals surface area contributed by atoms with Crippen molar-refractivity contribution in [3.05, 3.63) is 68.6 Å². The Kier molecular flexibility index (Phi) is 8.12. The van der Waals surface area contributed by atoms with Crippen molar-refractivity contribution in [2.75, 3.05) is 26.7 Å². The highest BCUT2D eigenvalue weighted by Gasteiger charge is 2.38. The summed E-state index contributed by atoms with van der Waals surface area (Å²) in [5, 5.41) is 11.2. The Morgan fingerprint density at radius 2 is 1.86 bits per heavy atom. The van der Waals surface area contributed by atoms with E-state index in [1.165, 1.54) is 25.3 Å². The lowest BCUT2D eigenvalue weighted by molar-refractivity contribution is -0.385. The molecular formula is C26H27N3O7S. The summed E-state index contributed by atoms with van der Waals surface area (Å²) in [4.78, 5) is 52.0. The number of rotatable bonds is 8. The van der Waals surface area contributed by atoms with Crippen LogP contribution in [0.4, 0.5) is 10.5 Å². The Morgan fingerprint density at radius 3 is 2.51 bits per heavy atom. The minimum absolute atomic E-state index is 0.00632. The number of hydrogen-bond donors (Lipinski definition) is 0. The lowest BCUT2D eigenvalue weighted by Crippen LogP contribution is -2.45. The Morgan fingerprint density at radius 1 is 1.16 bits per heavy atom. The molecule has 2 aliphatic rings. The first kappa shape index (κ1) is 26.2. The summed E-state index contributed by atoms with van der Waals surface area (Å²) in [6, 6.07) is 11.9. The lowest BCUT2D eigenvalue weighted by atomic mass is 9.99. The van der Waals surface area contributed by atoms with E-state index in [0.717, 1.165) is 23.3 Å². The maximum absolute atomic E-state index is 13.0. The number of amides is 3. The number of carbonyl (C=O) groups excluding carboxylic acids is 3. The topological polar surface area (TPSA) is 119 Å². The summed E-state index contributed by atoms with van der Waals surface area (Å²) < 4.78 is 11.1. The molecule has 2 aliphatic heterocycles. The molecule has 0 N–H and O–H groups in total. The number of hydrogen-bond acceptors (Lipinski definition) is 8. The van der Waals surface area contributed by atoms with Gasteiger partial charge in [0.2, 0.25) is 5.91 Å². The van der Waals surface area contributed by atoms with Crippen LogP contribution in [0.1, 0.15) is 30.9 Å². The van der Waals surface area contributed by atoms with Crippen molar-refractivity contribution >= 4 is 40.6 Å².